The maximum Gasteiger partial charge on any atom is 0.433 e. The molecule has 162 valence electrons. The lowest BCUT2D eigenvalue weighted by atomic mass is 9.98. The van der Waals surface area contributed by atoms with Gasteiger partial charge in [0.15, 0.2) is 0 Å². The van der Waals surface area contributed by atoms with E-state index in [-0.39, 0.29) is 11.8 Å². The molecule has 1 atom stereocenters. The van der Waals surface area contributed by atoms with Gasteiger partial charge in [-0.15, -0.1) is 0 Å². The third kappa shape index (κ3) is 5.51. The Morgan fingerprint density at radius 3 is 2.29 bits per heavy atom. The third-order valence-corrected chi connectivity index (χ3v) is 5.48. The van der Waals surface area contributed by atoms with Gasteiger partial charge in [0.05, 0.1) is 5.92 Å². The van der Waals surface area contributed by atoms with Gasteiger partial charge in [-0.25, -0.2) is 0 Å². The molecular formula is C25H25F3N2O. The summed E-state index contributed by atoms with van der Waals surface area (Å²) in [6, 6.07) is 17.8. The van der Waals surface area contributed by atoms with Crippen LogP contribution in [0, 0.1) is 13.8 Å². The summed E-state index contributed by atoms with van der Waals surface area (Å²) in [6.45, 7) is 6.20. The maximum absolute atomic E-state index is 13.4. The molecule has 0 saturated carbocycles. The van der Waals surface area contributed by atoms with E-state index in [0.29, 0.717) is 18.5 Å². The van der Waals surface area contributed by atoms with Crippen molar-refractivity contribution in [2.75, 3.05) is 11.4 Å². The second-order valence-electron chi connectivity index (χ2n) is 7.69. The van der Waals surface area contributed by atoms with Crippen molar-refractivity contribution in [2.45, 2.75) is 39.3 Å². The molecule has 2 aromatic carbocycles. The molecular weight excluding hydrogens is 401 g/mol. The molecule has 3 nitrogen and oxygen atoms in total. The predicted molar refractivity (Wildman–Crippen MR) is 116 cm³/mol. The van der Waals surface area contributed by atoms with Crippen LogP contribution >= 0.6 is 0 Å². The van der Waals surface area contributed by atoms with Gasteiger partial charge >= 0.3 is 6.18 Å². The molecule has 1 amide bonds. The first-order valence-corrected chi connectivity index (χ1v) is 10.1. The number of benzene rings is 2. The molecule has 1 heterocycles. The average Bonchev–Trinajstić information content (AvgIpc) is 2.76. The minimum absolute atomic E-state index is 0.0608. The fraction of sp³-hybridized carbons (Fsp3) is 0.280. The number of pyridine rings is 1. The van der Waals surface area contributed by atoms with Crippen LogP contribution < -0.4 is 4.90 Å². The number of hydrogen-bond acceptors (Lipinski definition) is 2. The van der Waals surface area contributed by atoms with Gasteiger partial charge in [-0.2, -0.15) is 13.2 Å². The second-order valence-corrected chi connectivity index (χ2v) is 7.69. The highest BCUT2D eigenvalue weighted by Gasteiger charge is 2.32. The van der Waals surface area contributed by atoms with Crippen molar-refractivity contribution in [3.8, 4) is 0 Å². The molecule has 0 saturated heterocycles. The van der Waals surface area contributed by atoms with Gasteiger partial charge in [-0.1, -0.05) is 42.5 Å². The van der Waals surface area contributed by atoms with E-state index in [1.165, 1.54) is 12.3 Å². The molecule has 3 rings (SSSR count). The number of anilines is 1. The SMILES string of the molecule is Cc1ccc(N(CCc2ccc(C(F)(F)F)nc2)C(=O)C(C)c2ccccc2)cc1C. The Balaban J connectivity index is 1.85. The van der Waals surface area contributed by atoms with E-state index >= 15 is 0 Å². The molecule has 0 bridgehead atoms. The van der Waals surface area contributed by atoms with Crippen LogP contribution in [-0.4, -0.2) is 17.4 Å². The number of aryl methyl sites for hydroxylation is 2. The van der Waals surface area contributed by atoms with Gasteiger partial charge in [-0.05, 0) is 67.6 Å². The van der Waals surface area contributed by atoms with Crippen LogP contribution in [0.1, 0.15) is 40.8 Å². The number of carbonyl (C=O) groups is 1. The standard InChI is InChI=1S/C25H25F3N2O/c1-17-9-11-22(15-18(17)2)30(24(31)19(3)21-7-5-4-6-8-21)14-13-20-10-12-23(29-16-20)25(26,27)28/h4-12,15-16,19H,13-14H2,1-3H3. The van der Waals surface area contributed by atoms with Gasteiger partial charge in [-0.3, -0.25) is 9.78 Å². The summed E-state index contributed by atoms with van der Waals surface area (Å²) < 4.78 is 38.3. The van der Waals surface area contributed by atoms with E-state index in [0.717, 1.165) is 28.4 Å². The van der Waals surface area contributed by atoms with E-state index < -0.39 is 11.9 Å². The Bertz CT molecular complexity index is 1030. The third-order valence-electron chi connectivity index (χ3n) is 5.48. The minimum atomic E-state index is -4.47. The summed E-state index contributed by atoms with van der Waals surface area (Å²) >= 11 is 0. The maximum atomic E-state index is 13.4. The van der Waals surface area contributed by atoms with Gasteiger partial charge in [0.25, 0.3) is 0 Å². The number of carbonyl (C=O) groups excluding carboxylic acids is 1. The first-order chi connectivity index (χ1) is 14.7. The quantitative estimate of drug-likeness (QED) is 0.477. The van der Waals surface area contributed by atoms with Crippen molar-refractivity contribution in [3.05, 3.63) is 94.8 Å². The van der Waals surface area contributed by atoms with Gasteiger partial charge < -0.3 is 4.90 Å². The molecule has 0 aliphatic rings. The van der Waals surface area contributed by atoms with Crippen LogP contribution in [-0.2, 0) is 17.4 Å². The highest BCUT2D eigenvalue weighted by atomic mass is 19.4. The minimum Gasteiger partial charge on any atom is -0.312 e. The van der Waals surface area contributed by atoms with Crippen molar-refractivity contribution < 1.29 is 18.0 Å². The van der Waals surface area contributed by atoms with Crippen molar-refractivity contribution >= 4 is 11.6 Å². The Kier molecular flexibility index (Phi) is 6.78. The second kappa shape index (κ2) is 9.33. The predicted octanol–water partition coefficient (Wildman–Crippen LogP) is 6.10. The van der Waals surface area contributed by atoms with Gasteiger partial charge in [0, 0.05) is 18.4 Å². The topological polar surface area (TPSA) is 33.2 Å². The number of rotatable bonds is 6. The van der Waals surface area contributed by atoms with E-state index in [9.17, 15) is 18.0 Å². The lowest BCUT2D eigenvalue weighted by Crippen LogP contribution is -2.36. The molecule has 0 spiro atoms. The molecule has 6 heteroatoms. The number of hydrogen-bond donors (Lipinski definition) is 0. The van der Waals surface area contributed by atoms with Crippen molar-refractivity contribution in [1.29, 1.82) is 0 Å². The Labute approximate surface area is 180 Å². The summed E-state index contributed by atoms with van der Waals surface area (Å²) in [6.07, 6.45) is -2.84. The molecule has 0 fully saturated rings. The zero-order valence-electron chi connectivity index (χ0n) is 17.8. The Morgan fingerprint density at radius 2 is 1.71 bits per heavy atom. The number of aromatic nitrogens is 1. The first kappa shape index (κ1) is 22.5. The first-order valence-electron chi connectivity index (χ1n) is 10.1. The zero-order valence-corrected chi connectivity index (χ0v) is 17.8. The lowest BCUT2D eigenvalue weighted by Gasteiger charge is -2.27. The van der Waals surface area contributed by atoms with Crippen molar-refractivity contribution in [3.63, 3.8) is 0 Å². The summed E-state index contributed by atoms with van der Waals surface area (Å²) in [4.78, 5) is 18.6. The van der Waals surface area contributed by atoms with Crippen LogP contribution in [0.4, 0.5) is 18.9 Å². The molecule has 0 radical (unpaired) electrons. The zero-order chi connectivity index (χ0) is 22.6. The molecule has 31 heavy (non-hydrogen) atoms. The summed E-state index contributed by atoms with van der Waals surface area (Å²) in [5.41, 5.74) is 3.60. The molecule has 1 aromatic heterocycles. The van der Waals surface area contributed by atoms with E-state index in [2.05, 4.69) is 4.98 Å². The summed E-state index contributed by atoms with van der Waals surface area (Å²) in [7, 11) is 0. The molecule has 0 aliphatic heterocycles. The van der Waals surface area contributed by atoms with Crippen molar-refractivity contribution in [1.82, 2.24) is 4.98 Å². The highest BCUT2D eigenvalue weighted by Crippen LogP contribution is 2.28. The average molecular weight is 426 g/mol. The lowest BCUT2D eigenvalue weighted by molar-refractivity contribution is -0.141. The fourth-order valence-corrected chi connectivity index (χ4v) is 3.36. The van der Waals surface area contributed by atoms with Crippen LogP contribution in [0.3, 0.4) is 0 Å². The van der Waals surface area contributed by atoms with Crippen LogP contribution in [0.2, 0.25) is 0 Å². The summed E-state index contributed by atoms with van der Waals surface area (Å²) in [5, 5.41) is 0. The van der Waals surface area contributed by atoms with Crippen LogP contribution in [0.15, 0.2) is 66.9 Å². The molecule has 0 N–H and O–H groups in total. The highest BCUT2D eigenvalue weighted by molar-refractivity contribution is 5.98. The smallest absolute Gasteiger partial charge is 0.312 e. The van der Waals surface area contributed by atoms with E-state index in [1.807, 2.05) is 69.3 Å². The largest absolute Gasteiger partial charge is 0.433 e. The van der Waals surface area contributed by atoms with Crippen LogP contribution in [0.25, 0.3) is 0 Å². The molecule has 3 aromatic rings. The monoisotopic (exact) mass is 426 g/mol. The van der Waals surface area contributed by atoms with Gasteiger partial charge in [0.2, 0.25) is 5.91 Å². The van der Waals surface area contributed by atoms with Crippen LogP contribution in [0.5, 0.6) is 0 Å². The number of halogens is 3. The summed E-state index contributed by atoms with van der Waals surface area (Å²) in [5.74, 6) is -0.414. The van der Waals surface area contributed by atoms with E-state index in [4.69, 9.17) is 0 Å². The van der Waals surface area contributed by atoms with E-state index in [1.54, 1.807) is 4.90 Å². The van der Waals surface area contributed by atoms with Crippen molar-refractivity contribution in [2.24, 2.45) is 0 Å². The molecule has 1 unspecified atom stereocenters. The Morgan fingerprint density at radius 1 is 1.00 bits per heavy atom. The van der Waals surface area contributed by atoms with Gasteiger partial charge in [0.1, 0.15) is 5.69 Å². The fourth-order valence-electron chi connectivity index (χ4n) is 3.36. The molecule has 0 aliphatic carbocycles. The number of nitrogens with zero attached hydrogens (tertiary/aromatic N) is 2. The number of amides is 1. The normalized spacial score (nSPS) is 12.5. The Hall–Kier alpha value is -3.15. The number of alkyl halides is 3.